The van der Waals surface area contributed by atoms with E-state index in [1.807, 2.05) is 47.4 Å². The summed E-state index contributed by atoms with van der Waals surface area (Å²) in [7, 11) is 1.67. The van der Waals surface area contributed by atoms with Gasteiger partial charge in [-0.05, 0) is 29.8 Å². The van der Waals surface area contributed by atoms with Crippen molar-refractivity contribution in [2.75, 3.05) is 7.11 Å². The summed E-state index contributed by atoms with van der Waals surface area (Å²) in [5.74, 6) is 1.36. The first-order valence-corrected chi connectivity index (χ1v) is 7.04. The molecule has 2 N–H and O–H groups in total. The zero-order valence-electron chi connectivity index (χ0n) is 11.7. The zero-order valence-corrected chi connectivity index (χ0v) is 12.5. The highest BCUT2D eigenvalue weighted by Crippen LogP contribution is 2.29. The number of methoxy groups -OCH3 is 1. The molecule has 0 fully saturated rings. The lowest BCUT2D eigenvalue weighted by Gasteiger charge is -2.28. The number of fused-ring (bicyclic) bond motifs is 1. The van der Waals surface area contributed by atoms with Crippen molar-refractivity contribution in [3.05, 3.63) is 58.6 Å². The van der Waals surface area contributed by atoms with Gasteiger partial charge in [0.1, 0.15) is 5.75 Å². The van der Waals surface area contributed by atoms with Crippen LogP contribution in [0.2, 0.25) is 5.02 Å². The van der Waals surface area contributed by atoms with Gasteiger partial charge in [0.25, 0.3) is 0 Å². The molecule has 0 aromatic heterocycles. The van der Waals surface area contributed by atoms with E-state index in [-0.39, 0.29) is 0 Å². The van der Waals surface area contributed by atoms with Crippen molar-refractivity contribution >= 4 is 23.2 Å². The van der Waals surface area contributed by atoms with E-state index in [4.69, 9.17) is 22.1 Å². The second-order valence-electron chi connectivity index (χ2n) is 4.91. The summed E-state index contributed by atoms with van der Waals surface area (Å²) in [6.07, 6.45) is 0. The van der Waals surface area contributed by atoms with Gasteiger partial charge in [0.2, 0.25) is 0 Å². The Labute approximate surface area is 128 Å². The fourth-order valence-corrected chi connectivity index (χ4v) is 2.64. The molecule has 1 aliphatic rings. The van der Waals surface area contributed by atoms with Crippen molar-refractivity contribution in [3.8, 4) is 5.75 Å². The van der Waals surface area contributed by atoms with Crippen LogP contribution in [0, 0.1) is 0 Å². The highest BCUT2D eigenvalue weighted by Gasteiger charge is 2.19. The number of halogens is 1. The van der Waals surface area contributed by atoms with Gasteiger partial charge in [0.15, 0.2) is 5.96 Å². The Bertz CT molecular complexity index is 700. The minimum absolute atomic E-state index is 0.510. The molecule has 1 heterocycles. The molecule has 2 aromatic carbocycles. The maximum atomic E-state index is 6.07. The van der Waals surface area contributed by atoms with E-state index in [0.717, 1.165) is 22.6 Å². The van der Waals surface area contributed by atoms with E-state index in [1.165, 1.54) is 0 Å². The summed E-state index contributed by atoms with van der Waals surface area (Å²) in [6, 6.07) is 13.6. The van der Waals surface area contributed by atoms with Crippen LogP contribution in [0.1, 0.15) is 11.1 Å². The van der Waals surface area contributed by atoms with Gasteiger partial charge in [0, 0.05) is 23.7 Å². The van der Waals surface area contributed by atoms with Crippen LogP contribution in [0.3, 0.4) is 0 Å². The van der Waals surface area contributed by atoms with Gasteiger partial charge in [-0.3, -0.25) is 0 Å². The average molecular weight is 302 g/mol. The Morgan fingerprint density at radius 1 is 1.29 bits per heavy atom. The van der Waals surface area contributed by atoms with Crippen molar-refractivity contribution in [2.45, 2.75) is 13.1 Å². The summed E-state index contributed by atoms with van der Waals surface area (Å²) in [5, 5.41) is 0.710. The molecule has 1 aliphatic heterocycles. The fraction of sp³-hybridized carbons (Fsp3) is 0.188. The largest absolute Gasteiger partial charge is 0.496 e. The van der Waals surface area contributed by atoms with Crippen LogP contribution in [0.4, 0.5) is 5.69 Å². The third kappa shape index (κ3) is 2.81. The molecule has 0 spiro atoms. The van der Waals surface area contributed by atoms with E-state index in [1.54, 1.807) is 7.11 Å². The molecule has 0 amide bonds. The summed E-state index contributed by atoms with van der Waals surface area (Å²) in [6.45, 7) is 1.33. The van der Waals surface area contributed by atoms with Crippen molar-refractivity contribution in [2.24, 2.45) is 10.7 Å². The van der Waals surface area contributed by atoms with Gasteiger partial charge in [-0.2, -0.15) is 0 Å². The number of para-hydroxylation sites is 1. The summed E-state index contributed by atoms with van der Waals surface area (Å²) >= 11 is 6.05. The summed E-state index contributed by atoms with van der Waals surface area (Å²) in [4.78, 5) is 6.45. The van der Waals surface area contributed by atoms with Crippen LogP contribution in [-0.4, -0.2) is 18.0 Å². The second-order valence-corrected chi connectivity index (χ2v) is 5.35. The molecule has 2 aromatic rings. The number of aliphatic imine (C=N–C) groups is 1. The quantitative estimate of drug-likeness (QED) is 0.946. The predicted molar refractivity (Wildman–Crippen MR) is 85.0 cm³/mol. The number of rotatable bonds is 3. The van der Waals surface area contributed by atoms with Gasteiger partial charge in [-0.1, -0.05) is 29.8 Å². The first kappa shape index (κ1) is 13.8. The van der Waals surface area contributed by atoms with Gasteiger partial charge < -0.3 is 15.4 Å². The van der Waals surface area contributed by atoms with Crippen LogP contribution in [0.5, 0.6) is 5.75 Å². The number of nitrogens with two attached hydrogens (primary N) is 1. The molecule has 108 valence electrons. The van der Waals surface area contributed by atoms with E-state index >= 15 is 0 Å². The molecule has 0 saturated carbocycles. The van der Waals surface area contributed by atoms with Crippen LogP contribution in [-0.2, 0) is 13.1 Å². The summed E-state index contributed by atoms with van der Waals surface area (Å²) in [5.41, 5.74) is 9.10. The normalized spacial score (nSPS) is 13.6. The van der Waals surface area contributed by atoms with Crippen molar-refractivity contribution in [1.82, 2.24) is 4.90 Å². The molecule has 21 heavy (non-hydrogen) atoms. The lowest BCUT2D eigenvalue weighted by Crippen LogP contribution is -2.38. The van der Waals surface area contributed by atoms with Crippen molar-refractivity contribution < 1.29 is 4.74 Å². The molecule has 3 rings (SSSR count). The second kappa shape index (κ2) is 5.66. The van der Waals surface area contributed by atoms with E-state index in [0.29, 0.717) is 24.1 Å². The average Bonchev–Trinajstić information content (AvgIpc) is 2.49. The maximum Gasteiger partial charge on any atom is 0.197 e. The molecule has 0 aliphatic carbocycles. The van der Waals surface area contributed by atoms with E-state index in [2.05, 4.69) is 4.99 Å². The maximum absolute atomic E-state index is 6.07. The molecule has 0 atom stereocenters. The number of hydrogen-bond acceptors (Lipinski definition) is 4. The fourth-order valence-electron chi connectivity index (χ4n) is 2.45. The Balaban J connectivity index is 1.88. The zero-order chi connectivity index (χ0) is 14.8. The lowest BCUT2D eigenvalue weighted by molar-refractivity contribution is 0.370. The molecule has 0 unspecified atom stereocenters. The molecular weight excluding hydrogens is 286 g/mol. The Morgan fingerprint density at radius 2 is 2.10 bits per heavy atom. The smallest absolute Gasteiger partial charge is 0.197 e. The Kier molecular flexibility index (Phi) is 3.71. The van der Waals surface area contributed by atoms with Gasteiger partial charge in [-0.25, -0.2) is 4.99 Å². The van der Waals surface area contributed by atoms with Crippen LogP contribution in [0.25, 0.3) is 0 Å². The van der Waals surface area contributed by atoms with Crippen molar-refractivity contribution in [3.63, 3.8) is 0 Å². The number of nitrogens with zero attached hydrogens (tertiary/aromatic N) is 2. The highest BCUT2D eigenvalue weighted by molar-refractivity contribution is 6.30. The SMILES string of the molecule is COc1ccccc1CN1Cc2cc(Cl)ccc2N=C1N. The van der Waals surface area contributed by atoms with Crippen LogP contribution >= 0.6 is 11.6 Å². The summed E-state index contributed by atoms with van der Waals surface area (Å²) < 4.78 is 5.38. The number of benzene rings is 2. The number of guanidine groups is 1. The first-order valence-electron chi connectivity index (χ1n) is 6.67. The molecule has 5 heteroatoms. The molecule has 4 nitrogen and oxygen atoms in total. The highest BCUT2D eigenvalue weighted by atomic mass is 35.5. The lowest BCUT2D eigenvalue weighted by atomic mass is 10.1. The standard InChI is InChI=1S/C16H16ClN3O/c1-21-15-5-3-2-4-11(15)9-20-10-12-8-13(17)6-7-14(12)19-16(20)18/h2-8H,9-10H2,1H3,(H2,18,19). The number of hydrogen-bond donors (Lipinski definition) is 1. The monoisotopic (exact) mass is 301 g/mol. The topological polar surface area (TPSA) is 50.8 Å². The van der Waals surface area contributed by atoms with Crippen LogP contribution < -0.4 is 10.5 Å². The van der Waals surface area contributed by atoms with E-state index < -0.39 is 0 Å². The number of ether oxygens (including phenoxy) is 1. The molecule has 0 radical (unpaired) electrons. The molecular formula is C16H16ClN3O. The minimum atomic E-state index is 0.510. The van der Waals surface area contributed by atoms with Gasteiger partial charge in [-0.15, -0.1) is 0 Å². The Morgan fingerprint density at radius 3 is 2.90 bits per heavy atom. The molecule has 0 bridgehead atoms. The van der Waals surface area contributed by atoms with Gasteiger partial charge >= 0.3 is 0 Å². The third-order valence-electron chi connectivity index (χ3n) is 3.52. The van der Waals surface area contributed by atoms with Gasteiger partial charge in [0.05, 0.1) is 12.8 Å². The van der Waals surface area contributed by atoms with E-state index in [9.17, 15) is 0 Å². The molecule has 0 saturated heterocycles. The van der Waals surface area contributed by atoms with Crippen LogP contribution in [0.15, 0.2) is 47.5 Å². The Hall–Kier alpha value is -2.20. The third-order valence-corrected chi connectivity index (χ3v) is 3.75. The first-order chi connectivity index (χ1) is 10.2. The minimum Gasteiger partial charge on any atom is -0.496 e. The van der Waals surface area contributed by atoms with Crippen molar-refractivity contribution in [1.29, 1.82) is 0 Å². The predicted octanol–water partition coefficient (Wildman–Crippen LogP) is 3.31.